The molecule has 2 aromatic rings. The second kappa shape index (κ2) is 7.45. The highest BCUT2D eigenvalue weighted by Crippen LogP contribution is 2.23. The lowest BCUT2D eigenvalue weighted by Crippen LogP contribution is -2.45. The molecule has 1 aliphatic heterocycles. The van der Waals surface area contributed by atoms with Crippen LogP contribution >= 0.6 is 0 Å². The maximum absolute atomic E-state index is 12.8. The van der Waals surface area contributed by atoms with Crippen LogP contribution in [0.1, 0.15) is 29.3 Å². The van der Waals surface area contributed by atoms with E-state index < -0.39 is 6.10 Å². The summed E-state index contributed by atoms with van der Waals surface area (Å²) < 4.78 is 0. The quantitative estimate of drug-likeness (QED) is 0.907. The molecule has 126 valence electrons. The number of anilines is 1. The maximum Gasteiger partial charge on any atom is 0.256 e. The number of likely N-dealkylation sites (tertiary alicyclic amines) is 1. The van der Waals surface area contributed by atoms with Crippen molar-refractivity contribution in [1.29, 1.82) is 0 Å². The van der Waals surface area contributed by atoms with Crippen molar-refractivity contribution in [3.05, 3.63) is 59.9 Å². The molecule has 3 rings (SSSR count). The van der Waals surface area contributed by atoms with Gasteiger partial charge in [-0.15, -0.1) is 0 Å². The highest BCUT2D eigenvalue weighted by atomic mass is 16.3. The number of amides is 1. The van der Waals surface area contributed by atoms with E-state index in [-0.39, 0.29) is 11.8 Å². The van der Waals surface area contributed by atoms with Crippen molar-refractivity contribution in [3.8, 4) is 0 Å². The molecule has 2 heterocycles. The van der Waals surface area contributed by atoms with E-state index in [1.807, 2.05) is 43.3 Å². The molecule has 1 saturated heterocycles. The number of nitrogens with zero attached hydrogens (tertiary/aromatic N) is 2. The second-order valence-electron chi connectivity index (χ2n) is 6.34. The fraction of sp³-hybridized carbons (Fsp3) is 0.368. The summed E-state index contributed by atoms with van der Waals surface area (Å²) in [5.74, 6) is 0.211. The van der Waals surface area contributed by atoms with Gasteiger partial charge in [-0.05, 0) is 36.1 Å². The van der Waals surface area contributed by atoms with Gasteiger partial charge in [-0.25, -0.2) is 0 Å². The van der Waals surface area contributed by atoms with Crippen molar-refractivity contribution >= 4 is 11.6 Å². The average Bonchev–Trinajstić information content (AvgIpc) is 2.63. The monoisotopic (exact) mass is 325 g/mol. The van der Waals surface area contributed by atoms with Crippen LogP contribution in [0.15, 0.2) is 48.8 Å². The van der Waals surface area contributed by atoms with Crippen LogP contribution in [0.3, 0.4) is 0 Å². The van der Waals surface area contributed by atoms with Gasteiger partial charge in [0.05, 0.1) is 11.7 Å². The fourth-order valence-electron chi connectivity index (χ4n) is 2.93. The van der Waals surface area contributed by atoms with Crippen molar-refractivity contribution in [3.63, 3.8) is 0 Å². The molecule has 1 amide bonds. The number of rotatable bonds is 4. The summed E-state index contributed by atoms with van der Waals surface area (Å²) in [5, 5.41) is 13.4. The number of β-amino-alcohol motifs (C(OH)–C–C–N with tert-alkyl or cyclic N) is 1. The number of carbonyl (C=O) groups excluding carboxylic acids is 1. The van der Waals surface area contributed by atoms with Gasteiger partial charge in [0.15, 0.2) is 0 Å². The Morgan fingerprint density at radius 2 is 2.17 bits per heavy atom. The normalized spacial score (nSPS) is 20.7. The van der Waals surface area contributed by atoms with Crippen LogP contribution in [0.25, 0.3) is 0 Å². The lowest BCUT2D eigenvalue weighted by atomic mass is 9.95. The number of benzene rings is 1. The SMILES string of the molecule is CC1CCN(C(=O)c2ccccc2NCc2cccnc2)CC1O. The highest BCUT2D eigenvalue weighted by molar-refractivity contribution is 5.99. The van der Waals surface area contributed by atoms with Crippen molar-refractivity contribution in [2.24, 2.45) is 5.92 Å². The number of piperidine rings is 1. The zero-order valence-electron chi connectivity index (χ0n) is 13.9. The molecule has 24 heavy (non-hydrogen) atoms. The second-order valence-corrected chi connectivity index (χ2v) is 6.34. The van der Waals surface area contributed by atoms with Crippen LogP contribution < -0.4 is 5.32 Å². The Morgan fingerprint density at radius 1 is 1.33 bits per heavy atom. The molecule has 0 saturated carbocycles. The Hall–Kier alpha value is -2.40. The minimum atomic E-state index is -0.446. The Labute approximate surface area is 142 Å². The Bertz CT molecular complexity index is 690. The van der Waals surface area contributed by atoms with E-state index in [2.05, 4.69) is 10.3 Å². The van der Waals surface area contributed by atoms with Crippen LogP contribution in [0.4, 0.5) is 5.69 Å². The minimum absolute atomic E-state index is 0.0322. The lowest BCUT2D eigenvalue weighted by Gasteiger charge is -2.34. The summed E-state index contributed by atoms with van der Waals surface area (Å²) in [4.78, 5) is 18.7. The van der Waals surface area contributed by atoms with Crippen LogP contribution in [0.2, 0.25) is 0 Å². The van der Waals surface area contributed by atoms with Gasteiger partial charge in [-0.2, -0.15) is 0 Å². The maximum atomic E-state index is 12.8. The average molecular weight is 325 g/mol. The zero-order valence-corrected chi connectivity index (χ0v) is 13.9. The summed E-state index contributed by atoms with van der Waals surface area (Å²) in [6.07, 6.45) is 3.93. The molecule has 1 fully saturated rings. The molecule has 5 heteroatoms. The number of nitrogens with one attached hydrogen (secondary N) is 1. The Balaban J connectivity index is 1.72. The highest BCUT2D eigenvalue weighted by Gasteiger charge is 2.28. The molecule has 5 nitrogen and oxygen atoms in total. The zero-order chi connectivity index (χ0) is 16.9. The van der Waals surface area contributed by atoms with Gasteiger partial charge >= 0.3 is 0 Å². The minimum Gasteiger partial charge on any atom is -0.391 e. The number of hydrogen-bond donors (Lipinski definition) is 2. The van der Waals surface area contributed by atoms with Crippen molar-refractivity contribution in [2.45, 2.75) is 26.0 Å². The fourth-order valence-corrected chi connectivity index (χ4v) is 2.93. The first-order chi connectivity index (χ1) is 11.6. The molecule has 2 N–H and O–H groups in total. The summed E-state index contributed by atoms with van der Waals surface area (Å²) >= 11 is 0. The molecule has 0 aliphatic carbocycles. The van der Waals surface area contributed by atoms with Gasteiger partial charge < -0.3 is 15.3 Å². The van der Waals surface area contributed by atoms with Gasteiger partial charge in [0.1, 0.15) is 0 Å². The van der Waals surface area contributed by atoms with Crippen molar-refractivity contribution < 1.29 is 9.90 Å². The molecule has 0 bridgehead atoms. The molecular weight excluding hydrogens is 302 g/mol. The summed E-state index contributed by atoms with van der Waals surface area (Å²) in [6.45, 7) is 3.72. The molecule has 1 aromatic carbocycles. The molecular formula is C19H23N3O2. The summed E-state index contributed by atoms with van der Waals surface area (Å²) in [7, 11) is 0. The van der Waals surface area contributed by atoms with E-state index in [0.29, 0.717) is 25.2 Å². The predicted octanol–water partition coefficient (Wildman–Crippen LogP) is 2.54. The third-order valence-corrected chi connectivity index (χ3v) is 4.57. The number of hydrogen-bond acceptors (Lipinski definition) is 4. The van der Waals surface area contributed by atoms with Gasteiger partial charge in [0, 0.05) is 37.7 Å². The van der Waals surface area contributed by atoms with Crippen LogP contribution in [0, 0.1) is 5.92 Å². The van der Waals surface area contributed by atoms with Gasteiger partial charge in [0.25, 0.3) is 5.91 Å². The molecule has 0 spiro atoms. The molecule has 2 unspecified atom stereocenters. The number of aromatic nitrogens is 1. The van der Waals surface area contributed by atoms with E-state index in [1.54, 1.807) is 17.3 Å². The molecule has 1 aliphatic rings. The Morgan fingerprint density at radius 3 is 2.92 bits per heavy atom. The van der Waals surface area contributed by atoms with Crippen molar-refractivity contribution in [2.75, 3.05) is 18.4 Å². The number of pyridine rings is 1. The van der Waals surface area contributed by atoms with Crippen LogP contribution in [0.5, 0.6) is 0 Å². The van der Waals surface area contributed by atoms with Crippen molar-refractivity contribution in [1.82, 2.24) is 9.88 Å². The largest absolute Gasteiger partial charge is 0.391 e. The van der Waals surface area contributed by atoms with E-state index in [9.17, 15) is 9.90 Å². The summed E-state index contributed by atoms with van der Waals surface area (Å²) in [6, 6.07) is 11.4. The van der Waals surface area contributed by atoms with Gasteiger partial charge in [-0.3, -0.25) is 9.78 Å². The molecule has 2 atom stereocenters. The number of para-hydroxylation sites is 1. The molecule has 1 aromatic heterocycles. The first-order valence-corrected chi connectivity index (χ1v) is 8.34. The third kappa shape index (κ3) is 3.74. The molecule has 0 radical (unpaired) electrons. The first kappa shape index (κ1) is 16.5. The standard InChI is InChI=1S/C19H23N3O2/c1-14-8-10-22(13-18(14)23)19(24)16-6-2-3-7-17(16)21-12-15-5-4-9-20-11-15/h2-7,9,11,14,18,21,23H,8,10,12-13H2,1H3. The van der Waals surface area contributed by atoms with Crippen LogP contribution in [-0.2, 0) is 6.54 Å². The number of carbonyl (C=O) groups is 1. The van der Waals surface area contributed by atoms with Gasteiger partial charge in [0.2, 0.25) is 0 Å². The lowest BCUT2D eigenvalue weighted by molar-refractivity contribution is 0.0249. The third-order valence-electron chi connectivity index (χ3n) is 4.57. The smallest absolute Gasteiger partial charge is 0.256 e. The number of aliphatic hydroxyl groups is 1. The van der Waals surface area contributed by atoms with E-state index in [4.69, 9.17) is 0 Å². The van der Waals surface area contributed by atoms with Crippen LogP contribution in [-0.4, -0.2) is 40.1 Å². The predicted molar refractivity (Wildman–Crippen MR) is 93.7 cm³/mol. The Kier molecular flexibility index (Phi) is 5.11. The van der Waals surface area contributed by atoms with E-state index >= 15 is 0 Å². The van der Waals surface area contributed by atoms with E-state index in [0.717, 1.165) is 17.7 Å². The number of aliphatic hydroxyl groups excluding tert-OH is 1. The first-order valence-electron chi connectivity index (χ1n) is 8.34. The van der Waals surface area contributed by atoms with Gasteiger partial charge in [-0.1, -0.05) is 25.1 Å². The summed E-state index contributed by atoms with van der Waals surface area (Å²) in [5.41, 5.74) is 2.50. The topological polar surface area (TPSA) is 65.5 Å². The van der Waals surface area contributed by atoms with E-state index in [1.165, 1.54) is 0 Å².